The molecule has 0 aliphatic rings. The van der Waals surface area contributed by atoms with E-state index >= 15 is 0 Å². The van der Waals surface area contributed by atoms with Crippen LogP contribution in [0.15, 0.2) is 18.2 Å². The topological polar surface area (TPSA) is 127 Å². The third-order valence-electron chi connectivity index (χ3n) is 2.17. The van der Waals surface area contributed by atoms with Crippen LogP contribution in [-0.2, 0) is 9.59 Å². The van der Waals surface area contributed by atoms with Crippen LogP contribution in [0.5, 0.6) is 5.75 Å². The van der Waals surface area contributed by atoms with Gasteiger partial charge < -0.3 is 21.5 Å². The van der Waals surface area contributed by atoms with Crippen LogP contribution in [0.3, 0.4) is 0 Å². The molecule has 8 heteroatoms. The number of rotatable bonds is 5. The highest BCUT2D eigenvalue weighted by molar-refractivity contribution is 6.00. The van der Waals surface area contributed by atoms with Crippen LogP contribution in [0, 0.1) is 5.82 Å². The molecule has 0 unspecified atom stereocenters. The standard InChI is InChI=1S/C11H12FN3O4/c12-6-1-2-8(16)7(3-6)11(19)15(4-9(13)17)5-10(14)18/h1-3,16H,4-5H2,(H2,13,17)(H2,14,18). The molecule has 0 saturated carbocycles. The number of aromatic hydroxyl groups is 1. The van der Waals surface area contributed by atoms with Crippen LogP contribution in [0.1, 0.15) is 10.4 Å². The Balaban J connectivity index is 3.07. The Kier molecular flexibility index (Phi) is 4.41. The normalized spacial score (nSPS) is 9.95. The van der Waals surface area contributed by atoms with E-state index < -0.39 is 42.4 Å². The quantitative estimate of drug-likeness (QED) is 0.629. The second-order valence-electron chi connectivity index (χ2n) is 3.76. The summed E-state index contributed by atoms with van der Waals surface area (Å²) in [6, 6.07) is 2.72. The molecule has 7 nitrogen and oxygen atoms in total. The molecule has 0 saturated heterocycles. The Bertz CT molecular complexity index is 517. The molecule has 102 valence electrons. The van der Waals surface area contributed by atoms with Crippen LogP contribution >= 0.6 is 0 Å². The molecule has 0 radical (unpaired) electrons. The number of amides is 3. The monoisotopic (exact) mass is 269 g/mol. The molecule has 0 aromatic heterocycles. The van der Waals surface area contributed by atoms with Gasteiger partial charge in [-0.1, -0.05) is 0 Å². The van der Waals surface area contributed by atoms with Gasteiger partial charge in [0.1, 0.15) is 24.7 Å². The van der Waals surface area contributed by atoms with Crippen molar-refractivity contribution in [2.75, 3.05) is 13.1 Å². The van der Waals surface area contributed by atoms with Gasteiger partial charge in [0.25, 0.3) is 5.91 Å². The molecule has 0 aliphatic carbocycles. The van der Waals surface area contributed by atoms with E-state index in [2.05, 4.69) is 0 Å². The first kappa shape index (κ1) is 14.4. The number of nitrogens with two attached hydrogens (primary N) is 2. The van der Waals surface area contributed by atoms with E-state index in [9.17, 15) is 23.9 Å². The molecule has 0 bridgehead atoms. The van der Waals surface area contributed by atoms with Crippen molar-refractivity contribution >= 4 is 17.7 Å². The number of phenols is 1. The molecule has 19 heavy (non-hydrogen) atoms. The highest BCUT2D eigenvalue weighted by Gasteiger charge is 2.22. The molecule has 3 amide bonds. The minimum Gasteiger partial charge on any atom is -0.507 e. The second-order valence-corrected chi connectivity index (χ2v) is 3.76. The summed E-state index contributed by atoms with van der Waals surface area (Å²) < 4.78 is 13.0. The van der Waals surface area contributed by atoms with Gasteiger partial charge in [-0.15, -0.1) is 0 Å². The molecule has 1 aromatic rings. The lowest BCUT2D eigenvalue weighted by molar-refractivity contribution is -0.121. The first-order valence-corrected chi connectivity index (χ1v) is 5.15. The molecule has 5 N–H and O–H groups in total. The summed E-state index contributed by atoms with van der Waals surface area (Å²) in [5, 5.41) is 9.48. The predicted octanol–water partition coefficient (Wildman–Crippen LogP) is -1.06. The molecular formula is C11H12FN3O4. The van der Waals surface area contributed by atoms with Crippen LogP contribution in [0.2, 0.25) is 0 Å². The Hall–Kier alpha value is -2.64. The predicted molar refractivity (Wildman–Crippen MR) is 62.4 cm³/mol. The number of nitrogens with zero attached hydrogens (tertiary/aromatic N) is 1. The maximum Gasteiger partial charge on any atom is 0.258 e. The maximum atomic E-state index is 13.0. The van der Waals surface area contributed by atoms with Gasteiger partial charge in [-0.2, -0.15) is 0 Å². The number of carbonyl (C=O) groups is 3. The Labute approximate surface area is 107 Å². The number of benzene rings is 1. The average Bonchev–Trinajstić information content (AvgIpc) is 2.29. The number of carbonyl (C=O) groups excluding carboxylic acids is 3. The fraction of sp³-hybridized carbons (Fsp3) is 0.182. The van der Waals surface area contributed by atoms with Gasteiger partial charge in [0, 0.05) is 0 Å². The zero-order valence-corrected chi connectivity index (χ0v) is 9.80. The number of halogens is 1. The van der Waals surface area contributed by atoms with Crippen LogP contribution in [0.4, 0.5) is 4.39 Å². The summed E-state index contributed by atoms with van der Waals surface area (Å²) in [4.78, 5) is 34.3. The van der Waals surface area contributed by atoms with Gasteiger partial charge in [0.2, 0.25) is 11.8 Å². The molecule has 0 fully saturated rings. The third kappa shape index (κ3) is 3.95. The first-order valence-electron chi connectivity index (χ1n) is 5.15. The lowest BCUT2D eigenvalue weighted by Gasteiger charge is -2.19. The average molecular weight is 269 g/mol. The maximum absolute atomic E-state index is 13.0. The van der Waals surface area contributed by atoms with Gasteiger partial charge in [0.15, 0.2) is 0 Å². The number of phenolic OH excluding ortho intramolecular Hbond substituents is 1. The van der Waals surface area contributed by atoms with Crippen molar-refractivity contribution in [1.29, 1.82) is 0 Å². The van der Waals surface area contributed by atoms with Crippen molar-refractivity contribution in [3.05, 3.63) is 29.6 Å². The van der Waals surface area contributed by atoms with E-state index in [1.54, 1.807) is 0 Å². The fourth-order valence-electron chi connectivity index (χ4n) is 1.43. The number of primary amides is 2. The minimum absolute atomic E-state index is 0.387. The lowest BCUT2D eigenvalue weighted by Crippen LogP contribution is -2.43. The van der Waals surface area contributed by atoms with Crippen LogP contribution in [0.25, 0.3) is 0 Å². The summed E-state index contributed by atoms with van der Waals surface area (Å²) >= 11 is 0. The van der Waals surface area contributed by atoms with E-state index in [0.717, 1.165) is 23.1 Å². The van der Waals surface area contributed by atoms with Crippen molar-refractivity contribution in [2.24, 2.45) is 11.5 Å². The first-order chi connectivity index (χ1) is 8.81. The summed E-state index contributed by atoms with van der Waals surface area (Å²) in [5.41, 5.74) is 9.48. The smallest absolute Gasteiger partial charge is 0.258 e. The SMILES string of the molecule is NC(=O)CN(CC(N)=O)C(=O)c1cc(F)ccc1O. The molecule has 0 heterocycles. The minimum atomic E-state index is -0.922. The van der Waals surface area contributed by atoms with Gasteiger partial charge in [-0.05, 0) is 18.2 Å². The highest BCUT2D eigenvalue weighted by atomic mass is 19.1. The third-order valence-corrected chi connectivity index (χ3v) is 2.17. The van der Waals surface area contributed by atoms with Crippen molar-refractivity contribution < 1.29 is 23.9 Å². The van der Waals surface area contributed by atoms with Crippen LogP contribution in [-0.4, -0.2) is 40.8 Å². The van der Waals surface area contributed by atoms with Gasteiger partial charge in [-0.25, -0.2) is 4.39 Å². The largest absolute Gasteiger partial charge is 0.507 e. The van der Waals surface area contributed by atoms with Crippen molar-refractivity contribution in [3.63, 3.8) is 0 Å². The molecule has 0 spiro atoms. The zero-order valence-electron chi connectivity index (χ0n) is 9.80. The van der Waals surface area contributed by atoms with E-state index in [4.69, 9.17) is 11.5 Å². The molecule has 0 aliphatic heterocycles. The van der Waals surface area contributed by atoms with E-state index in [1.165, 1.54) is 0 Å². The molecule has 1 aromatic carbocycles. The number of hydrogen-bond donors (Lipinski definition) is 3. The lowest BCUT2D eigenvalue weighted by atomic mass is 10.1. The molecular weight excluding hydrogens is 257 g/mol. The van der Waals surface area contributed by atoms with Crippen molar-refractivity contribution in [2.45, 2.75) is 0 Å². The van der Waals surface area contributed by atoms with Gasteiger partial charge >= 0.3 is 0 Å². The van der Waals surface area contributed by atoms with E-state index in [0.29, 0.717) is 0 Å². The van der Waals surface area contributed by atoms with Crippen LogP contribution < -0.4 is 11.5 Å². The van der Waals surface area contributed by atoms with Crippen molar-refractivity contribution in [1.82, 2.24) is 4.90 Å². The Morgan fingerprint density at radius 1 is 1.16 bits per heavy atom. The van der Waals surface area contributed by atoms with Gasteiger partial charge in [0.05, 0.1) is 5.56 Å². The number of hydrogen-bond acceptors (Lipinski definition) is 4. The summed E-state index contributed by atoms with van der Waals surface area (Å²) in [6.45, 7) is -1.14. The summed E-state index contributed by atoms with van der Waals surface area (Å²) in [6.07, 6.45) is 0. The second kappa shape index (κ2) is 5.80. The van der Waals surface area contributed by atoms with E-state index in [1.807, 2.05) is 0 Å². The van der Waals surface area contributed by atoms with Crippen molar-refractivity contribution in [3.8, 4) is 5.75 Å². The van der Waals surface area contributed by atoms with Gasteiger partial charge in [-0.3, -0.25) is 14.4 Å². The molecule has 0 atom stereocenters. The summed E-state index contributed by atoms with van der Waals surface area (Å²) in [5.74, 6) is -3.89. The van der Waals surface area contributed by atoms with E-state index in [-0.39, 0.29) is 5.56 Å². The zero-order chi connectivity index (χ0) is 14.6. The fourth-order valence-corrected chi connectivity index (χ4v) is 1.43. The highest BCUT2D eigenvalue weighted by Crippen LogP contribution is 2.19. The Morgan fingerprint density at radius 2 is 1.68 bits per heavy atom. The molecule has 1 rings (SSSR count). The Morgan fingerprint density at radius 3 is 2.16 bits per heavy atom. The summed E-state index contributed by atoms with van der Waals surface area (Å²) in [7, 11) is 0.